The normalized spacial score (nSPS) is 20.4. The Hall–Kier alpha value is -4.02. The first-order valence-corrected chi connectivity index (χ1v) is 13.6. The van der Waals surface area contributed by atoms with Crippen molar-refractivity contribution in [3.63, 3.8) is 0 Å². The number of carbonyl (C=O) groups is 2. The maximum Gasteiger partial charge on any atom is 0.295 e. The molecule has 3 aliphatic rings. The van der Waals surface area contributed by atoms with Gasteiger partial charge in [0, 0.05) is 5.57 Å². The van der Waals surface area contributed by atoms with Crippen molar-refractivity contribution in [2.45, 2.75) is 13.0 Å². The van der Waals surface area contributed by atoms with E-state index in [-0.39, 0.29) is 17.7 Å². The lowest BCUT2D eigenvalue weighted by Crippen LogP contribution is -3.14. The molecular weight excluding hydrogens is 516 g/mol. The second kappa shape index (κ2) is 12.4. The summed E-state index contributed by atoms with van der Waals surface area (Å²) in [5.41, 5.74) is 0.745. The van der Waals surface area contributed by atoms with E-state index in [0.717, 1.165) is 13.1 Å². The van der Waals surface area contributed by atoms with Crippen LogP contribution >= 0.6 is 0 Å². The summed E-state index contributed by atoms with van der Waals surface area (Å²) in [7, 11) is 0. The Morgan fingerprint density at radius 1 is 1.05 bits per heavy atom. The molecule has 0 aromatic heterocycles. The van der Waals surface area contributed by atoms with Gasteiger partial charge in [-0.1, -0.05) is 30.5 Å². The van der Waals surface area contributed by atoms with Crippen molar-refractivity contribution >= 4 is 17.4 Å². The lowest BCUT2D eigenvalue weighted by molar-refractivity contribution is -0.907. The number of hydrogen-bond donors (Lipinski definition) is 1. The highest BCUT2D eigenvalue weighted by Crippen LogP contribution is 2.42. The quantitative estimate of drug-likeness (QED) is 0.198. The Balaban J connectivity index is 1.56. The lowest BCUT2D eigenvalue weighted by Gasteiger charge is -2.30. The largest absolute Gasteiger partial charge is 0.872 e. The van der Waals surface area contributed by atoms with E-state index in [1.807, 2.05) is 6.92 Å². The molecule has 5 rings (SSSR count). The summed E-state index contributed by atoms with van der Waals surface area (Å²) in [6.45, 7) is 10.9. The summed E-state index contributed by atoms with van der Waals surface area (Å²) in [5.74, 6) is -0.0867. The highest BCUT2D eigenvalue weighted by Gasteiger charge is 2.45. The van der Waals surface area contributed by atoms with E-state index in [0.29, 0.717) is 74.7 Å². The predicted molar refractivity (Wildman–Crippen MR) is 143 cm³/mol. The molecule has 1 unspecified atom stereocenters. The molecule has 1 N–H and O–H groups in total. The summed E-state index contributed by atoms with van der Waals surface area (Å²) in [4.78, 5) is 29.7. The number of likely N-dealkylation sites (tertiary alicyclic amines) is 1. The van der Waals surface area contributed by atoms with Crippen LogP contribution in [0.3, 0.4) is 0 Å². The summed E-state index contributed by atoms with van der Waals surface area (Å²) in [6.07, 6.45) is 1.63. The third-order valence-corrected chi connectivity index (χ3v) is 7.18. The molecule has 212 valence electrons. The monoisotopic (exact) mass is 550 g/mol. The zero-order valence-electron chi connectivity index (χ0n) is 22.6. The van der Waals surface area contributed by atoms with Crippen molar-refractivity contribution in [1.29, 1.82) is 0 Å². The van der Waals surface area contributed by atoms with Crippen molar-refractivity contribution in [3.8, 4) is 23.0 Å². The number of ketones is 1. The number of benzene rings is 2. The van der Waals surface area contributed by atoms with Crippen LogP contribution in [0.15, 0.2) is 54.6 Å². The van der Waals surface area contributed by atoms with Crippen LogP contribution < -0.4 is 29.0 Å². The van der Waals surface area contributed by atoms with Gasteiger partial charge in [-0.3, -0.25) is 9.59 Å². The molecule has 0 bridgehead atoms. The number of rotatable bonds is 10. The minimum absolute atomic E-state index is 0.0964. The van der Waals surface area contributed by atoms with Gasteiger partial charge in [-0.15, -0.1) is 0 Å². The molecule has 2 saturated heterocycles. The van der Waals surface area contributed by atoms with Crippen molar-refractivity contribution < 1.29 is 43.3 Å². The van der Waals surface area contributed by atoms with Gasteiger partial charge in [-0.05, 0) is 42.3 Å². The van der Waals surface area contributed by atoms with E-state index in [2.05, 4.69) is 6.58 Å². The fourth-order valence-electron chi connectivity index (χ4n) is 5.21. The Morgan fingerprint density at radius 3 is 2.58 bits per heavy atom. The van der Waals surface area contributed by atoms with Crippen LogP contribution in [-0.4, -0.2) is 82.4 Å². The molecule has 3 aliphatic heterocycles. The number of amides is 1. The molecule has 0 radical (unpaired) electrons. The number of morpholine rings is 1. The Labute approximate surface area is 233 Å². The van der Waals surface area contributed by atoms with Gasteiger partial charge in [0.1, 0.15) is 32.9 Å². The first-order valence-electron chi connectivity index (χ1n) is 13.6. The van der Waals surface area contributed by atoms with E-state index in [9.17, 15) is 14.7 Å². The number of nitrogens with zero attached hydrogens (tertiary/aromatic N) is 1. The maximum absolute atomic E-state index is 13.9. The highest BCUT2D eigenvalue weighted by molar-refractivity contribution is 6.46. The number of ether oxygens (including phenoxy) is 5. The van der Waals surface area contributed by atoms with E-state index < -0.39 is 23.5 Å². The predicted octanol–water partition coefficient (Wildman–Crippen LogP) is 0.560. The van der Waals surface area contributed by atoms with Crippen molar-refractivity contribution in [3.05, 3.63) is 65.8 Å². The zero-order chi connectivity index (χ0) is 28.1. The fourth-order valence-corrected chi connectivity index (χ4v) is 5.21. The van der Waals surface area contributed by atoms with Gasteiger partial charge < -0.3 is 38.6 Å². The summed E-state index contributed by atoms with van der Waals surface area (Å²) in [6, 6.07) is 9.17. The van der Waals surface area contributed by atoms with Crippen molar-refractivity contribution in [2.24, 2.45) is 0 Å². The molecule has 0 saturated carbocycles. The van der Waals surface area contributed by atoms with Crippen LogP contribution in [-0.2, 0) is 14.3 Å². The van der Waals surface area contributed by atoms with Crippen molar-refractivity contribution in [1.82, 2.24) is 4.90 Å². The second-order valence-corrected chi connectivity index (χ2v) is 9.68. The average molecular weight is 551 g/mol. The standard InChI is InChI=1S/C30H34N2O8/c1-3-13-38-22-7-5-20(18-24(22)37-4-2)27-26(28(33)21-6-8-23-25(19-21)40-17-16-39-23)29(34)30(35)32(27)10-9-31-11-14-36-15-12-31/h3,5-8,18-19,27,33H,1,4,9-17H2,2H3/b28-26+. The van der Waals surface area contributed by atoms with E-state index in [4.69, 9.17) is 23.7 Å². The maximum atomic E-state index is 13.9. The summed E-state index contributed by atoms with van der Waals surface area (Å²) >= 11 is 0. The van der Waals surface area contributed by atoms with Crippen molar-refractivity contribution in [2.75, 3.05) is 65.8 Å². The van der Waals surface area contributed by atoms with Gasteiger partial charge in [0.25, 0.3) is 5.91 Å². The summed E-state index contributed by atoms with van der Waals surface area (Å²) < 4.78 is 28.3. The van der Waals surface area contributed by atoms with Crippen LogP contribution in [0.25, 0.3) is 5.76 Å². The number of hydrogen-bond acceptors (Lipinski definition) is 8. The Kier molecular flexibility index (Phi) is 8.57. The van der Waals surface area contributed by atoms with Gasteiger partial charge in [-0.2, -0.15) is 0 Å². The van der Waals surface area contributed by atoms with Crippen LogP contribution in [0.5, 0.6) is 23.0 Å². The van der Waals surface area contributed by atoms with E-state index >= 15 is 0 Å². The molecule has 10 nitrogen and oxygen atoms in total. The third kappa shape index (κ3) is 5.64. The molecule has 10 heteroatoms. The van der Waals surface area contributed by atoms with Crippen LogP contribution in [0.2, 0.25) is 0 Å². The van der Waals surface area contributed by atoms with Crippen LogP contribution in [0, 0.1) is 0 Å². The van der Waals surface area contributed by atoms with Gasteiger partial charge in [0.2, 0.25) is 5.78 Å². The van der Waals surface area contributed by atoms with Gasteiger partial charge in [-0.25, -0.2) is 0 Å². The second-order valence-electron chi connectivity index (χ2n) is 9.68. The average Bonchev–Trinajstić information content (AvgIpc) is 3.24. The number of quaternary nitrogens is 1. The van der Waals surface area contributed by atoms with Gasteiger partial charge in [0.05, 0.1) is 39.0 Å². The Morgan fingerprint density at radius 2 is 1.82 bits per heavy atom. The molecule has 2 fully saturated rings. The van der Waals surface area contributed by atoms with E-state index in [1.54, 1.807) is 42.5 Å². The fraction of sp³-hybridized carbons (Fsp3) is 0.400. The smallest absolute Gasteiger partial charge is 0.295 e. The topological polar surface area (TPSA) is 111 Å². The van der Waals surface area contributed by atoms with Crippen LogP contribution in [0.1, 0.15) is 24.1 Å². The van der Waals surface area contributed by atoms with Crippen LogP contribution in [0.4, 0.5) is 0 Å². The molecule has 40 heavy (non-hydrogen) atoms. The number of nitrogens with one attached hydrogen (secondary N) is 1. The first-order chi connectivity index (χ1) is 19.5. The Bertz CT molecular complexity index is 1300. The first kappa shape index (κ1) is 27.5. The van der Waals surface area contributed by atoms with Gasteiger partial charge in [0.15, 0.2) is 23.0 Å². The van der Waals surface area contributed by atoms with Gasteiger partial charge >= 0.3 is 0 Å². The van der Waals surface area contributed by atoms with E-state index in [1.165, 1.54) is 9.80 Å². The molecule has 2 aromatic rings. The molecule has 3 heterocycles. The SMILES string of the molecule is C=CCOc1ccc(C2/C(=C(\[O-])c3ccc4c(c3)OCCO4)C(=O)C(=O)N2CC[NH+]2CCOCC2)cc1OCC. The third-order valence-electron chi connectivity index (χ3n) is 7.18. The zero-order valence-corrected chi connectivity index (χ0v) is 22.6. The number of fused-ring (bicyclic) bond motifs is 1. The molecular formula is C30H34N2O8. The lowest BCUT2D eigenvalue weighted by atomic mass is 9.94. The minimum atomic E-state index is -0.881. The minimum Gasteiger partial charge on any atom is -0.872 e. The molecule has 0 aliphatic carbocycles. The molecule has 1 atom stereocenters. The highest BCUT2D eigenvalue weighted by atomic mass is 16.6. The summed E-state index contributed by atoms with van der Waals surface area (Å²) in [5, 5.41) is 13.9. The number of Topliss-reactive ketones (excluding diaryl/α,β-unsaturated/α-hetero) is 1. The molecule has 0 spiro atoms. The molecule has 2 aromatic carbocycles. The number of carbonyl (C=O) groups excluding carboxylic acids is 2. The molecule has 1 amide bonds.